The van der Waals surface area contributed by atoms with Gasteiger partial charge >= 0.3 is 5.97 Å². The van der Waals surface area contributed by atoms with Crippen LogP contribution in [0.5, 0.6) is 0 Å². The third-order valence-electron chi connectivity index (χ3n) is 3.20. The maximum absolute atomic E-state index is 12.4. The number of aryl methyl sites for hydroxylation is 1. The van der Waals surface area contributed by atoms with Gasteiger partial charge in [0.1, 0.15) is 11.7 Å². The molecule has 1 aliphatic rings. The number of ether oxygens (including phenoxy) is 1. The number of likely N-dealkylation sites (tertiary alicyclic amines) is 1. The number of carbonyl (C=O) groups is 2. The molecule has 1 saturated heterocycles. The largest absolute Gasteiger partial charge is 0.467 e. The molecule has 0 radical (unpaired) electrons. The Kier molecular flexibility index (Phi) is 3.96. The number of aliphatic hydroxyl groups excluding tert-OH is 1. The van der Waals surface area contributed by atoms with Gasteiger partial charge in [-0.3, -0.25) is 4.79 Å². The van der Waals surface area contributed by atoms with E-state index in [0.717, 1.165) is 4.47 Å². The van der Waals surface area contributed by atoms with Gasteiger partial charge in [0.2, 0.25) is 0 Å². The Bertz CT molecular complexity index is 514. The molecule has 1 aromatic heterocycles. The van der Waals surface area contributed by atoms with Crippen molar-refractivity contribution in [3.8, 4) is 0 Å². The molecular weight excluding hydrogens is 316 g/mol. The zero-order valence-electron chi connectivity index (χ0n) is 10.7. The van der Waals surface area contributed by atoms with Crippen molar-refractivity contribution in [2.75, 3.05) is 13.7 Å². The van der Waals surface area contributed by atoms with E-state index in [0.29, 0.717) is 5.69 Å². The summed E-state index contributed by atoms with van der Waals surface area (Å²) in [6, 6.07) is 0.961. The number of amides is 1. The van der Waals surface area contributed by atoms with E-state index in [1.807, 2.05) is 0 Å². The van der Waals surface area contributed by atoms with E-state index in [4.69, 9.17) is 0 Å². The van der Waals surface area contributed by atoms with Crippen molar-refractivity contribution in [1.82, 2.24) is 9.47 Å². The number of methoxy groups -OCH3 is 1. The summed E-state index contributed by atoms with van der Waals surface area (Å²) in [4.78, 5) is 25.4. The van der Waals surface area contributed by atoms with Crippen molar-refractivity contribution in [2.24, 2.45) is 7.05 Å². The van der Waals surface area contributed by atoms with Crippen molar-refractivity contribution in [3.63, 3.8) is 0 Å². The van der Waals surface area contributed by atoms with E-state index in [1.165, 1.54) is 12.0 Å². The van der Waals surface area contributed by atoms with Crippen molar-refractivity contribution in [2.45, 2.75) is 18.6 Å². The van der Waals surface area contributed by atoms with Gasteiger partial charge in [0, 0.05) is 30.7 Å². The fraction of sp³-hybridized carbons (Fsp3) is 0.500. The molecule has 2 unspecified atom stereocenters. The van der Waals surface area contributed by atoms with Crippen LogP contribution in [0.4, 0.5) is 0 Å². The molecular formula is C12H15BrN2O4. The van der Waals surface area contributed by atoms with Gasteiger partial charge in [-0.1, -0.05) is 0 Å². The molecule has 19 heavy (non-hydrogen) atoms. The monoisotopic (exact) mass is 330 g/mol. The summed E-state index contributed by atoms with van der Waals surface area (Å²) in [6.07, 6.45) is 1.27. The molecule has 1 aliphatic heterocycles. The number of esters is 1. The summed E-state index contributed by atoms with van der Waals surface area (Å²) < 4.78 is 7.13. The van der Waals surface area contributed by atoms with Crippen molar-refractivity contribution in [3.05, 3.63) is 22.4 Å². The van der Waals surface area contributed by atoms with Crippen LogP contribution >= 0.6 is 15.9 Å². The highest BCUT2D eigenvalue weighted by molar-refractivity contribution is 9.10. The topological polar surface area (TPSA) is 71.8 Å². The first-order valence-corrected chi connectivity index (χ1v) is 6.62. The van der Waals surface area contributed by atoms with E-state index in [2.05, 4.69) is 20.7 Å². The number of β-amino-alcohol motifs (C(OH)–C–C–N with tert-alkyl or cyclic N) is 1. The maximum atomic E-state index is 12.4. The lowest BCUT2D eigenvalue weighted by atomic mass is 10.2. The van der Waals surface area contributed by atoms with Gasteiger partial charge in [-0.05, 0) is 22.0 Å². The van der Waals surface area contributed by atoms with Crippen molar-refractivity contribution >= 4 is 27.8 Å². The summed E-state index contributed by atoms with van der Waals surface area (Å²) in [5.74, 6) is -0.793. The molecule has 0 saturated carbocycles. The summed E-state index contributed by atoms with van der Waals surface area (Å²) in [6.45, 7) is 0.140. The molecule has 2 heterocycles. The zero-order valence-corrected chi connectivity index (χ0v) is 12.3. The Morgan fingerprint density at radius 1 is 1.53 bits per heavy atom. The maximum Gasteiger partial charge on any atom is 0.328 e. The first kappa shape index (κ1) is 14.1. The van der Waals surface area contributed by atoms with E-state index < -0.39 is 18.1 Å². The molecule has 1 aromatic rings. The van der Waals surface area contributed by atoms with Crippen molar-refractivity contribution < 1.29 is 19.4 Å². The minimum atomic E-state index is -0.721. The molecule has 6 nitrogen and oxygen atoms in total. The molecule has 1 amide bonds. The fourth-order valence-electron chi connectivity index (χ4n) is 2.28. The number of carbonyl (C=O) groups excluding carboxylic acids is 2. The van der Waals surface area contributed by atoms with Crippen LogP contribution in [0.25, 0.3) is 0 Å². The smallest absolute Gasteiger partial charge is 0.328 e. The quantitative estimate of drug-likeness (QED) is 0.803. The molecule has 2 atom stereocenters. The second kappa shape index (κ2) is 5.34. The average molecular weight is 331 g/mol. The Morgan fingerprint density at radius 3 is 2.74 bits per heavy atom. The van der Waals surface area contributed by atoms with Crippen LogP contribution in [0, 0.1) is 0 Å². The number of aromatic nitrogens is 1. The lowest BCUT2D eigenvalue weighted by Crippen LogP contribution is -2.41. The summed E-state index contributed by atoms with van der Waals surface area (Å²) in [7, 11) is 3.02. The van der Waals surface area contributed by atoms with Crippen LogP contribution in [0.3, 0.4) is 0 Å². The number of nitrogens with zero attached hydrogens (tertiary/aromatic N) is 2. The Labute approximate surface area is 119 Å². The van der Waals surface area contributed by atoms with Crippen LogP contribution in [-0.2, 0) is 16.6 Å². The van der Waals surface area contributed by atoms with Crippen molar-refractivity contribution in [1.29, 1.82) is 0 Å². The third kappa shape index (κ3) is 2.66. The van der Waals surface area contributed by atoms with Crippen LogP contribution in [0.15, 0.2) is 16.7 Å². The van der Waals surface area contributed by atoms with Gasteiger partial charge in [0.15, 0.2) is 0 Å². The van der Waals surface area contributed by atoms with Crippen LogP contribution in [-0.4, -0.2) is 52.3 Å². The van der Waals surface area contributed by atoms with Gasteiger partial charge in [0.25, 0.3) is 5.91 Å². The second-order valence-electron chi connectivity index (χ2n) is 4.54. The predicted octanol–water partition coefficient (Wildman–Crippen LogP) is 0.536. The fourth-order valence-corrected chi connectivity index (χ4v) is 2.81. The van der Waals surface area contributed by atoms with Gasteiger partial charge in [0.05, 0.1) is 13.2 Å². The second-order valence-corrected chi connectivity index (χ2v) is 5.46. The number of rotatable bonds is 2. The number of hydrogen-bond donors (Lipinski definition) is 1. The van der Waals surface area contributed by atoms with E-state index in [9.17, 15) is 14.7 Å². The normalized spacial score (nSPS) is 22.6. The Balaban J connectivity index is 2.26. The summed E-state index contributed by atoms with van der Waals surface area (Å²) in [5, 5.41) is 9.67. The van der Waals surface area contributed by atoms with Gasteiger partial charge in [-0.2, -0.15) is 0 Å². The van der Waals surface area contributed by atoms with Crippen LogP contribution < -0.4 is 0 Å². The molecule has 0 bridgehead atoms. The van der Waals surface area contributed by atoms with E-state index >= 15 is 0 Å². The first-order chi connectivity index (χ1) is 8.93. The van der Waals surface area contributed by atoms with Crippen LogP contribution in [0.2, 0.25) is 0 Å². The summed E-state index contributed by atoms with van der Waals surface area (Å²) >= 11 is 3.30. The van der Waals surface area contributed by atoms with E-state index in [1.54, 1.807) is 23.9 Å². The van der Waals surface area contributed by atoms with E-state index in [-0.39, 0.29) is 18.9 Å². The van der Waals surface area contributed by atoms with Gasteiger partial charge in [-0.25, -0.2) is 4.79 Å². The highest BCUT2D eigenvalue weighted by atomic mass is 79.9. The molecule has 2 rings (SSSR count). The molecule has 1 fully saturated rings. The minimum Gasteiger partial charge on any atom is -0.467 e. The van der Waals surface area contributed by atoms with Gasteiger partial charge in [-0.15, -0.1) is 0 Å². The highest BCUT2D eigenvalue weighted by Gasteiger charge is 2.40. The molecule has 0 aromatic carbocycles. The van der Waals surface area contributed by atoms with Gasteiger partial charge < -0.3 is 19.3 Å². The third-order valence-corrected chi connectivity index (χ3v) is 3.64. The lowest BCUT2D eigenvalue weighted by Gasteiger charge is -2.22. The standard InChI is InChI=1S/C12H15BrN2O4/c1-14-5-7(13)3-9(14)11(17)15-6-8(16)4-10(15)12(18)19-2/h3,5,8,10,16H,4,6H2,1-2H3. The molecule has 0 aliphatic carbocycles. The zero-order chi connectivity index (χ0) is 14.2. The number of halogens is 1. The predicted molar refractivity (Wildman–Crippen MR) is 70.6 cm³/mol. The molecule has 7 heteroatoms. The average Bonchev–Trinajstić information content (AvgIpc) is 2.90. The highest BCUT2D eigenvalue weighted by Crippen LogP contribution is 2.23. The Hall–Kier alpha value is -1.34. The lowest BCUT2D eigenvalue weighted by molar-refractivity contribution is -0.145. The molecule has 1 N–H and O–H groups in total. The molecule has 104 valence electrons. The van der Waals surface area contributed by atoms with Crippen LogP contribution in [0.1, 0.15) is 16.9 Å². The minimum absolute atomic E-state index is 0.140. The Morgan fingerprint density at radius 2 is 2.21 bits per heavy atom. The summed E-state index contributed by atoms with van der Waals surface area (Å²) in [5.41, 5.74) is 0.454. The number of hydrogen-bond acceptors (Lipinski definition) is 4. The molecule has 0 spiro atoms. The number of aliphatic hydroxyl groups is 1. The SMILES string of the molecule is COC(=O)C1CC(O)CN1C(=O)c1cc(Br)cn1C. The first-order valence-electron chi connectivity index (χ1n) is 5.82.